The summed E-state index contributed by atoms with van der Waals surface area (Å²) in [5.74, 6) is 2.40. The predicted octanol–water partition coefficient (Wildman–Crippen LogP) is 5.42. The summed E-state index contributed by atoms with van der Waals surface area (Å²) in [6.07, 6.45) is 7.62. The molecule has 4 aliphatic rings. The fourth-order valence-corrected chi connectivity index (χ4v) is 7.77. The minimum atomic E-state index is -3.56. The fraction of sp³-hybridized carbons (Fsp3) is 0.944. The first-order valence-electron chi connectivity index (χ1n) is 9.42. The van der Waals surface area contributed by atoms with Crippen LogP contribution in [-0.4, -0.2) is 22.9 Å². The van der Waals surface area contributed by atoms with Gasteiger partial charge in [-0.05, 0) is 89.4 Å². The van der Waals surface area contributed by atoms with Crippen molar-refractivity contribution in [2.45, 2.75) is 84.8 Å². The highest BCUT2D eigenvalue weighted by molar-refractivity contribution is 7.72. The molecule has 6 heteroatoms. The van der Waals surface area contributed by atoms with E-state index in [0.717, 1.165) is 17.8 Å². The van der Waals surface area contributed by atoms with Crippen LogP contribution < -0.4 is 0 Å². The van der Waals surface area contributed by atoms with Gasteiger partial charge in [0.05, 0.1) is 12.2 Å². The second kappa shape index (κ2) is 6.74. The Morgan fingerprint density at radius 2 is 1.46 bits per heavy atom. The van der Waals surface area contributed by atoms with Crippen LogP contribution in [0.3, 0.4) is 0 Å². The van der Waals surface area contributed by atoms with Crippen molar-refractivity contribution in [2.75, 3.05) is 0 Å². The topological polar surface area (TPSA) is 68.1 Å². The van der Waals surface area contributed by atoms with Gasteiger partial charge in [-0.2, -0.15) is 0 Å². The molecular weight excluding hydrogens is 325 g/mol. The first-order chi connectivity index (χ1) is 11.2. The molecule has 0 radical (unpaired) electrons. The number of hydrogen-bond donors (Lipinski definition) is 1. The molecule has 0 atom stereocenters. The Morgan fingerprint density at radius 3 is 1.79 bits per heavy atom. The van der Waals surface area contributed by atoms with E-state index in [9.17, 15) is 9.77 Å². The summed E-state index contributed by atoms with van der Waals surface area (Å²) in [7, 11) is -3.56. The molecule has 4 bridgehead atoms. The summed E-state index contributed by atoms with van der Waals surface area (Å²) in [6.45, 7) is 7.32. The van der Waals surface area contributed by atoms with Crippen molar-refractivity contribution >= 4 is 13.0 Å². The second-order valence-corrected chi connectivity index (χ2v) is 10.8. The molecule has 0 heterocycles. The lowest BCUT2D eigenvalue weighted by molar-refractivity contribution is -0.0483. The molecule has 4 fully saturated rings. The number of oxime groups is 1. The zero-order valence-corrected chi connectivity index (χ0v) is 16.3. The quantitative estimate of drug-likeness (QED) is 0.286. The fourth-order valence-electron chi connectivity index (χ4n) is 5.73. The van der Waals surface area contributed by atoms with Crippen LogP contribution in [0.15, 0.2) is 5.16 Å². The van der Waals surface area contributed by atoms with Crippen molar-refractivity contribution in [2.24, 2.45) is 28.3 Å². The molecule has 1 N–H and O–H groups in total. The molecule has 138 valence electrons. The van der Waals surface area contributed by atoms with E-state index >= 15 is 0 Å². The van der Waals surface area contributed by atoms with E-state index in [-0.39, 0.29) is 23.1 Å². The van der Waals surface area contributed by atoms with Crippen LogP contribution in [0.5, 0.6) is 0 Å². The first-order valence-corrected chi connectivity index (χ1v) is 11.0. The molecule has 0 amide bonds. The highest BCUT2D eigenvalue weighted by Gasteiger charge is 2.53. The minimum absolute atomic E-state index is 0.132. The maximum absolute atomic E-state index is 13.4. The molecule has 0 aromatic carbocycles. The predicted molar refractivity (Wildman–Crippen MR) is 94.5 cm³/mol. The molecular formula is C18H32NO4P. The van der Waals surface area contributed by atoms with Gasteiger partial charge in [0.2, 0.25) is 0 Å². The summed E-state index contributed by atoms with van der Waals surface area (Å²) in [5, 5.41) is 13.1. The summed E-state index contributed by atoms with van der Waals surface area (Å²) >= 11 is 0. The first kappa shape index (κ1) is 18.4. The number of rotatable bonds is 7. The average molecular weight is 357 g/mol. The third-order valence-electron chi connectivity index (χ3n) is 5.83. The molecule has 0 aromatic rings. The number of nitrogens with zero attached hydrogens (tertiary/aromatic N) is 1. The Morgan fingerprint density at radius 1 is 1.04 bits per heavy atom. The van der Waals surface area contributed by atoms with Gasteiger partial charge in [-0.3, -0.25) is 4.57 Å². The van der Waals surface area contributed by atoms with Crippen LogP contribution in [0, 0.1) is 23.2 Å². The molecule has 4 rings (SSSR count). The van der Waals surface area contributed by atoms with Crippen molar-refractivity contribution < 1.29 is 18.8 Å². The molecule has 24 heavy (non-hydrogen) atoms. The monoisotopic (exact) mass is 357 g/mol. The van der Waals surface area contributed by atoms with Gasteiger partial charge < -0.3 is 14.3 Å². The van der Waals surface area contributed by atoms with Crippen molar-refractivity contribution in [1.82, 2.24) is 0 Å². The molecule has 0 aliphatic heterocycles. The van der Waals surface area contributed by atoms with Gasteiger partial charge in [0.25, 0.3) is 0 Å². The summed E-state index contributed by atoms with van der Waals surface area (Å²) in [4.78, 5) is 0. The molecule has 4 aliphatic carbocycles. The van der Waals surface area contributed by atoms with Crippen LogP contribution in [-0.2, 0) is 13.6 Å². The zero-order chi connectivity index (χ0) is 17.5. The summed E-state index contributed by atoms with van der Waals surface area (Å²) < 4.78 is 24.7. The van der Waals surface area contributed by atoms with Gasteiger partial charge >= 0.3 is 7.60 Å². The van der Waals surface area contributed by atoms with Crippen LogP contribution >= 0.6 is 7.60 Å². The van der Waals surface area contributed by atoms with Gasteiger partial charge in [0.15, 0.2) is 5.45 Å². The maximum atomic E-state index is 13.4. The van der Waals surface area contributed by atoms with Crippen molar-refractivity contribution in [3.05, 3.63) is 0 Å². The largest absolute Gasteiger partial charge is 0.410 e. The van der Waals surface area contributed by atoms with E-state index in [1.54, 1.807) is 0 Å². The van der Waals surface area contributed by atoms with Gasteiger partial charge in [-0.15, -0.1) is 0 Å². The standard InChI is InChI=1S/C18H32NO4P/c1-12(2)22-24(21,23-13(3)4)17(19-20)11-18-8-14-5-15(9-18)7-16(6-14)10-18/h12-16,20H,5-11H2,1-4H3/b19-17-. The van der Waals surface area contributed by atoms with Crippen LogP contribution in [0.1, 0.15) is 72.6 Å². The average Bonchev–Trinajstić information content (AvgIpc) is 2.41. The van der Waals surface area contributed by atoms with Gasteiger partial charge in [0.1, 0.15) is 0 Å². The van der Waals surface area contributed by atoms with E-state index < -0.39 is 7.60 Å². The lowest BCUT2D eigenvalue weighted by Gasteiger charge is -2.57. The smallest absolute Gasteiger partial charge is 0.379 e. The Labute approximate surface area is 145 Å². The Kier molecular flexibility index (Phi) is 5.17. The normalized spacial score (nSPS) is 36.1. The van der Waals surface area contributed by atoms with Crippen LogP contribution in [0.4, 0.5) is 0 Å². The zero-order valence-electron chi connectivity index (χ0n) is 15.4. The highest BCUT2D eigenvalue weighted by atomic mass is 31.2. The van der Waals surface area contributed by atoms with Crippen LogP contribution in [0.25, 0.3) is 0 Å². The molecule has 0 aromatic heterocycles. The second-order valence-electron chi connectivity index (χ2n) is 8.92. The van der Waals surface area contributed by atoms with Crippen LogP contribution in [0.2, 0.25) is 0 Å². The van der Waals surface area contributed by atoms with E-state index in [4.69, 9.17) is 9.05 Å². The van der Waals surface area contributed by atoms with Crippen molar-refractivity contribution in [1.29, 1.82) is 0 Å². The SMILES string of the molecule is CC(C)OP(=O)(OC(C)C)/C(CC12CC3CC(CC(C3)C1)C2)=N\O. The van der Waals surface area contributed by atoms with E-state index in [2.05, 4.69) is 5.16 Å². The van der Waals surface area contributed by atoms with Gasteiger partial charge in [0, 0.05) is 6.42 Å². The maximum Gasteiger partial charge on any atom is 0.379 e. The third kappa shape index (κ3) is 3.73. The Bertz CT molecular complexity index is 494. The van der Waals surface area contributed by atoms with Crippen molar-refractivity contribution in [3.63, 3.8) is 0 Å². The highest BCUT2D eigenvalue weighted by Crippen LogP contribution is 2.64. The van der Waals surface area contributed by atoms with E-state index in [1.807, 2.05) is 27.7 Å². The number of hydrogen-bond acceptors (Lipinski definition) is 5. The molecule has 0 saturated heterocycles. The lowest BCUT2D eigenvalue weighted by Crippen LogP contribution is -2.47. The van der Waals surface area contributed by atoms with E-state index in [0.29, 0.717) is 6.42 Å². The lowest BCUT2D eigenvalue weighted by atomic mass is 9.49. The third-order valence-corrected chi connectivity index (χ3v) is 8.11. The molecule has 0 unspecified atom stereocenters. The molecule has 4 saturated carbocycles. The van der Waals surface area contributed by atoms with E-state index in [1.165, 1.54) is 38.5 Å². The Balaban J connectivity index is 1.81. The van der Waals surface area contributed by atoms with Crippen molar-refractivity contribution in [3.8, 4) is 0 Å². The van der Waals surface area contributed by atoms with Gasteiger partial charge in [-0.25, -0.2) is 0 Å². The summed E-state index contributed by atoms with van der Waals surface area (Å²) in [6, 6.07) is 0. The summed E-state index contributed by atoms with van der Waals surface area (Å²) in [5.41, 5.74) is 0.360. The van der Waals surface area contributed by atoms with Gasteiger partial charge in [-0.1, -0.05) is 5.16 Å². The Hall–Kier alpha value is -0.380. The molecule has 0 spiro atoms. The minimum Gasteiger partial charge on any atom is -0.410 e. The molecule has 5 nitrogen and oxygen atoms in total.